The second-order valence-corrected chi connectivity index (χ2v) is 3.60. The number of carbonyl (C=O) groups is 1. The summed E-state index contributed by atoms with van der Waals surface area (Å²) >= 11 is 0. The molecule has 0 aliphatic carbocycles. The van der Waals surface area contributed by atoms with Crippen LogP contribution in [0.5, 0.6) is 0 Å². The summed E-state index contributed by atoms with van der Waals surface area (Å²) in [5, 5.41) is 8.91. The molecule has 0 N–H and O–H groups in total. The molecule has 78 valence electrons. The van der Waals surface area contributed by atoms with Crippen molar-refractivity contribution in [3.63, 3.8) is 0 Å². The second-order valence-electron chi connectivity index (χ2n) is 3.60. The van der Waals surface area contributed by atoms with Gasteiger partial charge in [-0.3, -0.25) is 4.79 Å². The molecule has 0 heterocycles. The monoisotopic (exact) mass is 202 g/mol. The van der Waals surface area contributed by atoms with E-state index in [1.54, 1.807) is 14.1 Å². The molecule has 1 unspecified atom stereocenters. The zero-order valence-corrected chi connectivity index (χ0v) is 8.97. The van der Waals surface area contributed by atoms with Gasteiger partial charge in [0.15, 0.2) is 0 Å². The lowest BCUT2D eigenvalue weighted by molar-refractivity contribution is -0.131. The van der Waals surface area contributed by atoms with Gasteiger partial charge in [0.05, 0.1) is 6.07 Å². The first-order chi connectivity index (χ1) is 7.15. The minimum atomic E-state index is -0.581. The van der Waals surface area contributed by atoms with Crippen LogP contribution in [-0.4, -0.2) is 24.9 Å². The molecule has 0 saturated carbocycles. The average Bonchev–Trinajstić information content (AvgIpc) is 2.26. The molecular formula is C12H14N2O. The Hall–Kier alpha value is -1.82. The summed E-state index contributed by atoms with van der Waals surface area (Å²) in [4.78, 5) is 13.0. The maximum atomic E-state index is 11.6. The molecule has 0 fully saturated rings. The number of nitrogens with zero attached hydrogens (tertiary/aromatic N) is 2. The SMILES string of the molecule is CN(C)C(=O)C(C#N)Cc1ccccc1. The topological polar surface area (TPSA) is 44.1 Å². The van der Waals surface area contributed by atoms with Crippen LogP contribution in [0.4, 0.5) is 0 Å². The third-order valence-electron chi connectivity index (χ3n) is 2.18. The number of nitriles is 1. The van der Waals surface area contributed by atoms with Gasteiger partial charge in [-0.2, -0.15) is 5.26 Å². The summed E-state index contributed by atoms with van der Waals surface area (Å²) in [6.07, 6.45) is 0.481. The van der Waals surface area contributed by atoms with Crippen molar-refractivity contribution in [2.45, 2.75) is 6.42 Å². The Labute approximate surface area is 89.9 Å². The Morgan fingerprint density at radius 2 is 2.00 bits per heavy atom. The molecule has 1 aromatic rings. The van der Waals surface area contributed by atoms with Crippen molar-refractivity contribution in [3.05, 3.63) is 35.9 Å². The molecule has 0 aromatic heterocycles. The number of hydrogen-bond acceptors (Lipinski definition) is 2. The van der Waals surface area contributed by atoms with E-state index in [1.165, 1.54) is 4.90 Å². The summed E-state index contributed by atoms with van der Waals surface area (Å²) in [7, 11) is 3.33. The predicted molar refractivity (Wildman–Crippen MR) is 57.9 cm³/mol. The van der Waals surface area contributed by atoms with Crippen molar-refractivity contribution in [2.75, 3.05) is 14.1 Å². The van der Waals surface area contributed by atoms with E-state index in [0.29, 0.717) is 6.42 Å². The number of rotatable bonds is 3. The van der Waals surface area contributed by atoms with Crippen molar-refractivity contribution >= 4 is 5.91 Å². The minimum absolute atomic E-state index is 0.138. The third-order valence-corrected chi connectivity index (χ3v) is 2.18. The van der Waals surface area contributed by atoms with E-state index in [4.69, 9.17) is 5.26 Å². The van der Waals surface area contributed by atoms with Crippen molar-refractivity contribution in [2.24, 2.45) is 5.92 Å². The molecular weight excluding hydrogens is 188 g/mol. The summed E-state index contributed by atoms with van der Waals surface area (Å²) in [6, 6.07) is 11.6. The van der Waals surface area contributed by atoms with Crippen LogP contribution >= 0.6 is 0 Å². The summed E-state index contributed by atoms with van der Waals surface area (Å²) in [6.45, 7) is 0. The summed E-state index contributed by atoms with van der Waals surface area (Å²) in [5.74, 6) is -0.719. The van der Waals surface area contributed by atoms with Gasteiger partial charge in [0, 0.05) is 14.1 Å². The van der Waals surface area contributed by atoms with Gasteiger partial charge in [0.2, 0.25) is 5.91 Å². The van der Waals surface area contributed by atoms with Crippen LogP contribution in [0.2, 0.25) is 0 Å². The van der Waals surface area contributed by atoms with E-state index >= 15 is 0 Å². The Bertz CT molecular complexity index is 365. The van der Waals surface area contributed by atoms with Crippen molar-refractivity contribution in [1.82, 2.24) is 4.90 Å². The predicted octanol–water partition coefficient (Wildman–Crippen LogP) is 1.46. The highest BCUT2D eigenvalue weighted by Gasteiger charge is 2.19. The van der Waals surface area contributed by atoms with Crippen molar-refractivity contribution in [1.29, 1.82) is 5.26 Å². The summed E-state index contributed by atoms with van der Waals surface area (Å²) in [5.41, 5.74) is 1.01. The molecule has 0 radical (unpaired) electrons. The number of amides is 1. The van der Waals surface area contributed by atoms with E-state index in [9.17, 15) is 4.79 Å². The molecule has 0 aliphatic heterocycles. The van der Waals surface area contributed by atoms with Gasteiger partial charge in [-0.1, -0.05) is 30.3 Å². The van der Waals surface area contributed by atoms with Crippen LogP contribution in [0.25, 0.3) is 0 Å². The van der Waals surface area contributed by atoms with Gasteiger partial charge in [0.1, 0.15) is 5.92 Å². The molecule has 0 spiro atoms. The standard InChI is InChI=1S/C12H14N2O/c1-14(2)12(15)11(9-13)8-10-6-4-3-5-7-10/h3-7,11H,8H2,1-2H3. The molecule has 15 heavy (non-hydrogen) atoms. The summed E-state index contributed by atoms with van der Waals surface area (Å²) < 4.78 is 0. The van der Waals surface area contributed by atoms with Crippen LogP contribution in [0.1, 0.15) is 5.56 Å². The minimum Gasteiger partial charge on any atom is -0.348 e. The first kappa shape index (κ1) is 11.3. The van der Waals surface area contributed by atoms with Crippen LogP contribution in [0, 0.1) is 17.2 Å². The normalized spacial score (nSPS) is 11.5. The number of carbonyl (C=O) groups excluding carboxylic acids is 1. The Kier molecular flexibility index (Phi) is 3.87. The number of hydrogen-bond donors (Lipinski definition) is 0. The van der Waals surface area contributed by atoms with Crippen LogP contribution < -0.4 is 0 Å². The zero-order chi connectivity index (χ0) is 11.3. The average molecular weight is 202 g/mol. The first-order valence-electron chi connectivity index (χ1n) is 4.80. The first-order valence-corrected chi connectivity index (χ1v) is 4.80. The fourth-order valence-corrected chi connectivity index (χ4v) is 1.35. The van der Waals surface area contributed by atoms with Crippen LogP contribution in [-0.2, 0) is 11.2 Å². The van der Waals surface area contributed by atoms with Crippen molar-refractivity contribution in [3.8, 4) is 6.07 Å². The highest BCUT2D eigenvalue weighted by Crippen LogP contribution is 2.09. The highest BCUT2D eigenvalue weighted by atomic mass is 16.2. The van der Waals surface area contributed by atoms with E-state index in [2.05, 4.69) is 0 Å². The third kappa shape index (κ3) is 3.10. The molecule has 1 rings (SSSR count). The van der Waals surface area contributed by atoms with E-state index in [0.717, 1.165) is 5.56 Å². The largest absolute Gasteiger partial charge is 0.348 e. The molecule has 1 aromatic carbocycles. The van der Waals surface area contributed by atoms with Gasteiger partial charge in [-0.05, 0) is 12.0 Å². The maximum Gasteiger partial charge on any atom is 0.239 e. The van der Waals surface area contributed by atoms with E-state index < -0.39 is 5.92 Å². The Balaban J connectivity index is 2.72. The maximum absolute atomic E-state index is 11.6. The number of benzene rings is 1. The Morgan fingerprint density at radius 3 is 2.47 bits per heavy atom. The molecule has 1 atom stereocenters. The molecule has 3 nitrogen and oxygen atoms in total. The smallest absolute Gasteiger partial charge is 0.239 e. The van der Waals surface area contributed by atoms with Gasteiger partial charge >= 0.3 is 0 Å². The van der Waals surface area contributed by atoms with E-state index in [1.807, 2.05) is 36.4 Å². The molecule has 3 heteroatoms. The van der Waals surface area contributed by atoms with Crippen molar-refractivity contribution < 1.29 is 4.79 Å². The van der Waals surface area contributed by atoms with Crippen LogP contribution in [0.3, 0.4) is 0 Å². The van der Waals surface area contributed by atoms with Gasteiger partial charge in [0.25, 0.3) is 0 Å². The highest BCUT2D eigenvalue weighted by molar-refractivity contribution is 5.81. The quantitative estimate of drug-likeness (QED) is 0.744. The fraction of sp³-hybridized carbons (Fsp3) is 0.333. The Morgan fingerprint density at radius 1 is 1.40 bits per heavy atom. The lowest BCUT2D eigenvalue weighted by Gasteiger charge is -2.14. The fourth-order valence-electron chi connectivity index (χ4n) is 1.35. The van der Waals surface area contributed by atoms with Crippen LogP contribution in [0.15, 0.2) is 30.3 Å². The van der Waals surface area contributed by atoms with Gasteiger partial charge in [-0.25, -0.2) is 0 Å². The molecule has 0 saturated heterocycles. The zero-order valence-electron chi connectivity index (χ0n) is 8.97. The second kappa shape index (κ2) is 5.16. The lowest BCUT2D eigenvalue weighted by Crippen LogP contribution is -2.30. The molecule has 0 aliphatic rings. The molecule has 1 amide bonds. The van der Waals surface area contributed by atoms with Gasteiger partial charge in [-0.15, -0.1) is 0 Å². The molecule has 0 bridgehead atoms. The van der Waals surface area contributed by atoms with E-state index in [-0.39, 0.29) is 5.91 Å². The van der Waals surface area contributed by atoms with Gasteiger partial charge < -0.3 is 4.90 Å². The lowest BCUT2D eigenvalue weighted by atomic mass is 10.00.